The summed E-state index contributed by atoms with van der Waals surface area (Å²) in [6.45, 7) is 11.3. The maximum atomic E-state index is 3.59. The zero-order valence-electron chi connectivity index (χ0n) is 11.3. The number of hydrogen-bond donors (Lipinski definition) is 1. The van der Waals surface area contributed by atoms with Gasteiger partial charge in [0.05, 0.1) is 0 Å². The minimum atomic E-state index is 0.281. The molecule has 0 spiro atoms. The molecule has 2 nitrogen and oxygen atoms in total. The molecule has 0 bridgehead atoms. The summed E-state index contributed by atoms with van der Waals surface area (Å²) in [6.07, 6.45) is 3.35. The Bertz CT molecular complexity index is 160. The Balaban J connectivity index is 3.67. The van der Waals surface area contributed by atoms with Gasteiger partial charge < -0.3 is 10.2 Å². The van der Waals surface area contributed by atoms with Crippen LogP contribution in [0.25, 0.3) is 0 Å². The fraction of sp³-hybridized carbons (Fsp3) is 1.00. The predicted molar refractivity (Wildman–Crippen MR) is 72.8 cm³/mol. The van der Waals surface area contributed by atoms with Crippen LogP contribution < -0.4 is 5.32 Å². The average Bonchev–Trinajstić information content (AvgIpc) is 2.18. The van der Waals surface area contributed by atoms with Gasteiger partial charge in [-0.25, -0.2) is 0 Å². The summed E-state index contributed by atoms with van der Waals surface area (Å²) < 4.78 is 0. The molecule has 92 valence electrons. The van der Waals surface area contributed by atoms with Crippen LogP contribution in [0.15, 0.2) is 0 Å². The van der Waals surface area contributed by atoms with Crippen molar-refractivity contribution in [2.45, 2.75) is 45.7 Å². The van der Waals surface area contributed by atoms with Gasteiger partial charge in [0.2, 0.25) is 0 Å². The number of thioether (sulfide) groups is 1. The summed E-state index contributed by atoms with van der Waals surface area (Å²) >= 11 is 1.92. The van der Waals surface area contributed by atoms with Crippen molar-refractivity contribution in [3.05, 3.63) is 0 Å². The second kappa shape index (κ2) is 7.53. The number of nitrogens with one attached hydrogen (secondary N) is 1. The molecule has 1 unspecified atom stereocenters. The highest BCUT2D eigenvalue weighted by atomic mass is 32.2. The number of hydrogen-bond acceptors (Lipinski definition) is 3. The molecule has 0 aliphatic rings. The lowest BCUT2D eigenvalue weighted by Gasteiger charge is -2.28. The van der Waals surface area contributed by atoms with Crippen molar-refractivity contribution in [1.29, 1.82) is 0 Å². The van der Waals surface area contributed by atoms with Gasteiger partial charge in [0, 0.05) is 30.4 Å². The van der Waals surface area contributed by atoms with Crippen LogP contribution in [0.2, 0.25) is 0 Å². The summed E-state index contributed by atoms with van der Waals surface area (Å²) in [5.74, 6) is 1.22. The van der Waals surface area contributed by atoms with Crippen molar-refractivity contribution < 1.29 is 0 Å². The largest absolute Gasteiger partial charge is 0.311 e. The maximum Gasteiger partial charge on any atom is 0.0155 e. The van der Waals surface area contributed by atoms with Crippen LogP contribution in [0.5, 0.6) is 0 Å². The van der Waals surface area contributed by atoms with Crippen LogP contribution in [0.1, 0.15) is 34.1 Å². The number of rotatable bonds is 8. The van der Waals surface area contributed by atoms with Gasteiger partial charge in [-0.1, -0.05) is 6.92 Å². The molecule has 0 aromatic carbocycles. The van der Waals surface area contributed by atoms with Gasteiger partial charge in [0.25, 0.3) is 0 Å². The average molecular weight is 232 g/mol. The van der Waals surface area contributed by atoms with Gasteiger partial charge in [-0.15, -0.1) is 0 Å². The van der Waals surface area contributed by atoms with Crippen LogP contribution in [-0.4, -0.2) is 48.6 Å². The molecule has 1 N–H and O–H groups in total. The molecule has 0 radical (unpaired) electrons. The molecule has 0 rings (SSSR count). The molecular formula is C12H28N2S. The zero-order chi connectivity index (χ0) is 11.9. The maximum absolute atomic E-state index is 3.59. The van der Waals surface area contributed by atoms with E-state index < -0.39 is 0 Å². The van der Waals surface area contributed by atoms with E-state index in [2.05, 4.69) is 51.2 Å². The van der Waals surface area contributed by atoms with Crippen LogP contribution in [-0.2, 0) is 0 Å². The molecule has 1 atom stereocenters. The first-order chi connectivity index (χ1) is 6.93. The van der Waals surface area contributed by atoms with E-state index in [-0.39, 0.29) is 5.54 Å². The Kier molecular flexibility index (Phi) is 7.66. The summed E-state index contributed by atoms with van der Waals surface area (Å²) in [4.78, 5) is 2.43. The monoisotopic (exact) mass is 232 g/mol. The van der Waals surface area contributed by atoms with Crippen molar-refractivity contribution >= 4 is 11.8 Å². The van der Waals surface area contributed by atoms with E-state index >= 15 is 0 Å². The Morgan fingerprint density at radius 2 is 2.00 bits per heavy atom. The van der Waals surface area contributed by atoms with Crippen LogP contribution >= 0.6 is 11.8 Å². The van der Waals surface area contributed by atoms with Crippen molar-refractivity contribution in [3.8, 4) is 0 Å². The molecule has 0 fully saturated rings. The van der Waals surface area contributed by atoms with Crippen molar-refractivity contribution in [2.24, 2.45) is 0 Å². The Morgan fingerprint density at radius 3 is 2.47 bits per heavy atom. The van der Waals surface area contributed by atoms with Gasteiger partial charge in [0.15, 0.2) is 0 Å². The summed E-state index contributed by atoms with van der Waals surface area (Å²) in [7, 11) is 2.21. The third kappa shape index (κ3) is 7.20. The molecule has 0 aliphatic heterocycles. The molecule has 0 amide bonds. The van der Waals surface area contributed by atoms with Crippen molar-refractivity contribution in [2.75, 3.05) is 32.1 Å². The van der Waals surface area contributed by atoms with E-state index in [1.165, 1.54) is 12.2 Å². The minimum absolute atomic E-state index is 0.281. The SMILES string of the molecule is CCC(C)(C)NCCN(C)C(C)CSC. The van der Waals surface area contributed by atoms with Crippen LogP contribution in [0, 0.1) is 0 Å². The van der Waals surface area contributed by atoms with Gasteiger partial charge in [-0.3, -0.25) is 0 Å². The fourth-order valence-corrected chi connectivity index (χ4v) is 2.02. The first-order valence-electron chi connectivity index (χ1n) is 5.87. The van der Waals surface area contributed by atoms with Gasteiger partial charge in [0.1, 0.15) is 0 Å². The molecule has 0 aromatic heterocycles. The van der Waals surface area contributed by atoms with Gasteiger partial charge in [-0.05, 0) is 40.5 Å². The number of likely N-dealkylation sites (N-methyl/N-ethyl adjacent to an activating group) is 1. The molecule has 0 aliphatic carbocycles. The summed E-state index contributed by atoms with van der Waals surface area (Å²) in [5, 5.41) is 3.59. The lowest BCUT2D eigenvalue weighted by Crippen LogP contribution is -2.44. The standard InChI is InChI=1S/C12H28N2S/c1-7-12(3,4)13-8-9-14(5)11(2)10-15-6/h11,13H,7-10H2,1-6H3. The van der Waals surface area contributed by atoms with E-state index in [0.717, 1.165) is 13.1 Å². The molecule has 0 saturated heterocycles. The van der Waals surface area contributed by atoms with E-state index in [4.69, 9.17) is 0 Å². The molecule has 0 saturated carbocycles. The quantitative estimate of drug-likeness (QED) is 0.692. The Hall–Kier alpha value is 0.270. The Labute approximate surface area is 100 Å². The lowest BCUT2D eigenvalue weighted by atomic mass is 10.0. The van der Waals surface area contributed by atoms with Gasteiger partial charge >= 0.3 is 0 Å². The first-order valence-corrected chi connectivity index (χ1v) is 7.26. The lowest BCUT2D eigenvalue weighted by molar-refractivity contribution is 0.259. The van der Waals surface area contributed by atoms with E-state index in [1.54, 1.807) is 0 Å². The highest BCUT2D eigenvalue weighted by Crippen LogP contribution is 2.07. The zero-order valence-corrected chi connectivity index (χ0v) is 12.1. The highest BCUT2D eigenvalue weighted by Gasteiger charge is 2.14. The normalized spacial score (nSPS) is 14.6. The van der Waals surface area contributed by atoms with Gasteiger partial charge in [-0.2, -0.15) is 11.8 Å². The first kappa shape index (κ1) is 15.3. The van der Waals surface area contributed by atoms with E-state index in [9.17, 15) is 0 Å². The smallest absolute Gasteiger partial charge is 0.0155 e. The molecule has 3 heteroatoms. The third-order valence-corrected chi connectivity index (χ3v) is 3.93. The van der Waals surface area contributed by atoms with Crippen molar-refractivity contribution in [3.63, 3.8) is 0 Å². The van der Waals surface area contributed by atoms with Crippen LogP contribution in [0.4, 0.5) is 0 Å². The fourth-order valence-electron chi connectivity index (χ4n) is 1.28. The summed E-state index contributed by atoms with van der Waals surface area (Å²) in [6, 6.07) is 0.673. The number of nitrogens with zero attached hydrogens (tertiary/aromatic N) is 1. The Morgan fingerprint density at radius 1 is 1.40 bits per heavy atom. The molecule has 0 aromatic rings. The highest BCUT2D eigenvalue weighted by molar-refractivity contribution is 7.98. The molecular weight excluding hydrogens is 204 g/mol. The van der Waals surface area contributed by atoms with Crippen molar-refractivity contribution in [1.82, 2.24) is 10.2 Å². The topological polar surface area (TPSA) is 15.3 Å². The summed E-state index contributed by atoms with van der Waals surface area (Å²) in [5.41, 5.74) is 0.281. The predicted octanol–water partition coefficient (Wildman–Crippen LogP) is 2.45. The second-order valence-corrected chi connectivity index (χ2v) is 5.86. The molecule has 0 heterocycles. The van der Waals surface area contributed by atoms with E-state index in [0.29, 0.717) is 6.04 Å². The second-order valence-electron chi connectivity index (χ2n) is 4.95. The molecule has 15 heavy (non-hydrogen) atoms. The van der Waals surface area contributed by atoms with Crippen LogP contribution in [0.3, 0.4) is 0 Å². The minimum Gasteiger partial charge on any atom is -0.311 e. The third-order valence-electron chi connectivity index (χ3n) is 3.11. The van der Waals surface area contributed by atoms with E-state index in [1.807, 2.05) is 11.8 Å².